The van der Waals surface area contributed by atoms with Gasteiger partial charge in [0.05, 0.1) is 6.10 Å². The molecule has 1 atom stereocenters. The van der Waals surface area contributed by atoms with E-state index in [9.17, 15) is 9.90 Å². The summed E-state index contributed by atoms with van der Waals surface area (Å²) in [5.41, 5.74) is 1.65. The van der Waals surface area contributed by atoms with Crippen molar-refractivity contribution in [1.29, 1.82) is 0 Å². The van der Waals surface area contributed by atoms with Gasteiger partial charge >= 0.3 is 0 Å². The van der Waals surface area contributed by atoms with E-state index in [0.29, 0.717) is 38.4 Å². The molecule has 2 aliphatic heterocycles. The number of aliphatic hydroxyl groups excluding tert-OH is 1. The van der Waals surface area contributed by atoms with Gasteiger partial charge in [-0.3, -0.25) is 9.69 Å². The summed E-state index contributed by atoms with van der Waals surface area (Å²) in [7, 11) is 0. The molecular weight excluding hydrogens is 322 g/mol. The van der Waals surface area contributed by atoms with Crippen molar-refractivity contribution in [3.63, 3.8) is 0 Å². The molecule has 2 N–H and O–H groups in total. The van der Waals surface area contributed by atoms with Crippen molar-refractivity contribution in [3.8, 4) is 11.5 Å². The van der Waals surface area contributed by atoms with E-state index < -0.39 is 6.10 Å². The lowest BCUT2D eigenvalue weighted by Gasteiger charge is -2.21. The molecule has 1 aromatic carbocycles. The van der Waals surface area contributed by atoms with E-state index in [2.05, 4.69) is 9.88 Å². The Morgan fingerprint density at radius 1 is 1.20 bits per heavy atom. The predicted molar refractivity (Wildman–Crippen MR) is 90.5 cm³/mol. The van der Waals surface area contributed by atoms with Gasteiger partial charge in [0.15, 0.2) is 11.5 Å². The molecule has 7 nitrogen and oxygen atoms in total. The minimum absolute atomic E-state index is 0.0750. The fraction of sp³-hybridized carbons (Fsp3) is 0.389. The van der Waals surface area contributed by atoms with Crippen LogP contribution in [-0.4, -0.2) is 64.9 Å². The molecule has 0 saturated carbocycles. The normalized spacial score (nSPS) is 20.5. The number of rotatable bonds is 3. The molecule has 132 valence electrons. The van der Waals surface area contributed by atoms with Gasteiger partial charge in [0, 0.05) is 38.9 Å². The number of carbonyl (C=O) groups excluding carboxylic acids is 1. The van der Waals surface area contributed by atoms with Crippen molar-refractivity contribution in [2.75, 3.05) is 33.0 Å². The third kappa shape index (κ3) is 3.47. The van der Waals surface area contributed by atoms with Gasteiger partial charge in [0.2, 0.25) is 6.79 Å². The van der Waals surface area contributed by atoms with Crippen LogP contribution in [0.1, 0.15) is 16.1 Å². The molecule has 4 rings (SSSR count). The third-order valence-corrected chi connectivity index (χ3v) is 4.54. The van der Waals surface area contributed by atoms with Gasteiger partial charge in [0.1, 0.15) is 5.69 Å². The molecule has 1 saturated heterocycles. The highest BCUT2D eigenvalue weighted by molar-refractivity contribution is 5.92. The number of aromatic nitrogens is 1. The first kappa shape index (κ1) is 16.0. The Balaban J connectivity index is 1.42. The Labute approximate surface area is 145 Å². The number of hydrogen-bond acceptors (Lipinski definition) is 5. The number of carbonyl (C=O) groups is 1. The Morgan fingerprint density at radius 3 is 2.92 bits per heavy atom. The van der Waals surface area contributed by atoms with E-state index in [1.54, 1.807) is 23.2 Å². The Morgan fingerprint density at radius 2 is 2.08 bits per heavy atom. The molecule has 7 heteroatoms. The summed E-state index contributed by atoms with van der Waals surface area (Å²) in [6.45, 7) is 3.12. The van der Waals surface area contributed by atoms with E-state index in [1.165, 1.54) is 0 Å². The number of nitrogens with one attached hydrogen (secondary N) is 1. The molecule has 2 aromatic rings. The molecular formula is C18H21N3O4. The molecule has 25 heavy (non-hydrogen) atoms. The first-order valence-electron chi connectivity index (χ1n) is 8.40. The number of benzene rings is 1. The fourth-order valence-electron chi connectivity index (χ4n) is 3.31. The van der Waals surface area contributed by atoms with Crippen LogP contribution in [0.15, 0.2) is 36.5 Å². The second-order valence-electron chi connectivity index (χ2n) is 6.41. The molecule has 0 unspecified atom stereocenters. The summed E-state index contributed by atoms with van der Waals surface area (Å²) in [6, 6.07) is 9.44. The zero-order valence-electron chi connectivity index (χ0n) is 13.9. The number of ether oxygens (including phenoxy) is 2. The van der Waals surface area contributed by atoms with Crippen LogP contribution in [0.4, 0.5) is 0 Å². The highest BCUT2D eigenvalue weighted by Gasteiger charge is 2.26. The van der Waals surface area contributed by atoms with Crippen LogP contribution in [0.3, 0.4) is 0 Å². The van der Waals surface area contributed by atoms with E-state index >= 15 is 0 Å². The molecule has 1 amide bonds. The number of aliphatic hydroxyl groups is 1. The number of β-amino-alcohol motifs (C(OH)–C–C–N with tert-alkyl or cyclic N) is 1. The Kier molecular flexibility index (Phi) is 4.33. The average Bonchev–Trinajstić information content (AvgIpc) is 3.25. The maximum atomic E-state index is 12.5. The summed E-state index contributed by atoms with van der Waals surface area (Å²) in [5, 5.41) is 10.3. The van der Waals surface area contributed by atoms with Crippen molar-refractivity contribution < 1.29 is 19.4 Å². The predicted octanol–water partition coefficient (Wildman–Crippen LogP) is 1.06. The number of aromatic amines is 1. The summed E-state index contributed by atoms with van der Waals surface area (Å²) < 4.78 is 10.8. The molecule has 0 radical (unpaired) electrons. The number of fused-ring (bicyclic) bond motifs is 1. The molecule has 0 spiro atoms. The number of nitrogens with zero attached hydrogens (tertiary/aromatic N) is 2. The zero-order valence-corrected chi connectivity index (χ0v) is 13.9. The molecule has 0 bridgehead atoms. The van der Waals surface area contributed by atoms with Crippen LogP contribution in [0.5, 0.6) is 11.5 Å². The SMILES string of the molecule is O=C(c1ccc[nH]1)N1CCN(Cc2ccc3c(c2)OCO3)C[C@@H](O)C1. The van der Waals surface area contributed by atoms with Crippen LogP contribution in [0, 0.1) is 0 Å². The number of H-pyrrole nitrogens is 1. The van der Waals surface area contributed by atoms with E-state index in [-0.39, 0.29) is 12.7 Å². The van der Waals surface area contributed by atoms with Gasteiger partial charge in [-0.25, -0.2) is 0 Å². The highest BCUT2D eigenvalue weighted by atomic mass is 16.7. The van der Waals surface area contributed by atoms with Crippen LogP contribution in [0.2, 0.25) is 0 Å². The topological polar surface area (TPSA) is 78.0 Å². The van der Waals surface area contributed by atoms with Gasteiger partial charge in [-0.05, 0) is 29.8 Å². The van der Waals surface area contributed by atoms with Gasteiger partial charge in [0.25, 0.3) is 5.91 Å². The lowest BCUT2D eigenvalue weighted by Crippen LogP contribution is -2.37. The second-order valence-corrected chi connectivity index (χ2v) is 6.41. The Hall–Kier alpha value is -2.51. The minimum atomic E-state index is -0.574. The van der Waals surface area contributed by atoms with Crippen LogP contribution < -0.4 is 9.47 Å². The summed E-state index contributed by atoms with van der Waals surface area (Å²) in [4.78, 5) is 19.3. The molecule has 3 heterocycles. The third-order valence-electron chi connectivity index (χ3n) is 4.54. The smallest absolute Gasteiger partial charge is 0.270 e. The van der Waals surface area contributed by atoms with E-state index in [0.717, 1.165) is 17.1 Å². The standard InChI is InChI=1S/C18H21N3O4/c22-14-10-20(9-13-3-4-16-17(8-13)25-12-24-16)6-7-21(11-14)18(23)15-2-1-5-19-15/h1-5,8,14,19,22H,6-7,9-12H2/t14-/m1/s1. The van der Waals surface area contributed by atoms with Crippen LogP contribution in [0.25, 0.3) is 0 Å². The van der Waals surface area contributed by atoms with Gasteiger partial charge in [-0.1, -0.05) is 6.07 Å². The maximum absolute atomic E-state index is 12.5. The summed E-state index contributed by atoms with van der Waals surface area (Å²) in [6.07, 6.45) is 1.16. The average molecular weight is 343 g/mol. The first-order valence-corrected chi connectivity index (χ1v) is 8.40. The summed E-state index contributed by atoms with van der Waals surface area (Å²) in [5.74, 6) is 1.45. The van der Waals surface area contributed by atoms with E-state index in [4.69, 9.17) is 9.47 Å². The van der Waals surface area contributed by atoms with Crippen LogP contribution in [-0.2, 0) is 6.54 Å². The van der Waals surface area contributed by atoms with Crippen molar-refractivity contribution in [1.82, 2.24) is 14.8 Å². The fourth-order valence-corrected chi connectivity index (χ4v) is 3.31. The quantitative estimate of drug-likeness (QED) is 0.871. The maximum Gasteiger partial charge on any atom is 0.270 e. The molecule has 1 aromatic heterocycles. The zero-order chi connectivity index (χ0) is 17.2. The van der Waals surface area contributed by atoms with Gasteiger partial charge in [-0.2, -0.15) is 0 Å². The first-order chi connectivity index (χ1) is 12.2. The molecule has 1 fully saturated rings. The molecule has 2 aliphatic rings. The van der Waals surface area contributed by atoms with E-state index in [1.807, 2.05) is 18.2 Å². The lowest BCUT2D eigenvalue weighted by molar-refractivity contribution is 0.0658. The Bertz CT molecular complexity index is 747. The van der Waals surface area contributed by atoms with Crippen molar-refractivity contribution in [2.24, 2.45) is 0 Å². The van der Waals surface area contributed by atoms with Crippen molar-refractivity contribution in [2.45, 2.75) is 12.6 Å². The number of amides is 1. The molecule has 0 aliphatic carbocycles. The lowest BCUT2D eigenvalue weighted by atomic mass is 10.2. The highest BCUT2D eigenvalue weighted by Crippen LogP contribution is 2.32. The monoisotopic (exact) mass is 343 g/mol. The van der Waals surface area contributed by atoms with Crippen LogP contribution >= 0.6 is 0 Å². The summed E-state index contributed by atoms with van der Waals surface area (Å²) >= 11 is 0. The number of hydrogen-bond donors (Lipinski definition) is 2. The minimum Gasteiger partial charge on any atom is -0.454 e. The van der Waals surface area contributed by atoms with Crippen molar-refractivity contribution in [3.05, 3.63) is 47.8 Å². The second kappa shape index (κ2) is 6.78. The van der Waals surface area contributed by atoms with Crippen molar-refractivity contribution >= 4 is 5.91 Å². The van der Waals surface area contributed by atoms with Gasteiger partial charge in [-0.15, -0.1) is 0 Å². The largest absolute Gasteiger partial charge is 0.454 e. The van der Waals surface area contributed by atoms with Gasteiger partial charge < -0.3 is 24.5 Å².